The minimum Gasteiger partial charge on any atom is -0.497 e. The van der Waals surface area contributed by atoms with E-state index in [1.54, 1.807) is 37.4 Å². The number of aryl methyl sites for hydroxylation is 1. The number of hydrogen-bond acceptors (Lipinski definition) is 3. The highest BCUT2D eigenvalue weighted by atomic mass is 16.5. The summed E-state index contributed by atoms with van der Waals surface area (Å²) in [5.41, 5.74) is 3.43. The van der Waals surface area contributed by atoms with Crippen molar-refractivity contribution < 1.29 is 14.6 Å². The highest BCUT2D eigenvalue weighted by molar-refractivity contribution is 5.88. The third-order valence-corrected chi connectivity index (χ3v) is 3.59. The number of aromatic nitrogens is 2. The van der Waals surface area contributed by atoms with Gasteiger partial charge in [0.1, 0.15) is 5.75 Å². The molecular weight excluding hydrogens is 292 g/mol. The predicted octanol–water partition coefficient (Wildman–Crippen LogP) is 3.55. The second-order valence-electron chi connectivity index (χ2n) is 5.20. The Morgan fingerprint density at radius 2 is 1.74 bits per heavy atom. The van der Waals surface area contributed by atoms with E-state index in [9.17, 15) is 9.90 Å². The Balaban J connectivity index is 2.08. The molecule has 23 heavy (non-hydrogen) atoms. The van der Waals surface area contributed by atoms with Crippen LogP contribution in [0.25, 0.3) is 16.9 Å². The standard InChI is InChI=1S/C18H16N2O3/c1-12-3-5-13(6-4-12)16-11-17(18(21)22)20(19-16)14-7-9-15(23-2)10-8-14/h3-11H,1-2H3,(H,21,22). The van der Waals surface area contributed by atoms with E-state index in [0.29, 0.717) is 17.1 Å². The molecule has 0 aliphatic carbocycles. The summed E-state index contributed by atoms with van der Waals surface area (Å²) in [5, 5.41) is 13.9. The molecule has 0 saturated heterocycles. The van der Waals surface area contributed by atoms with Crippen molar-refractivity contribution in [2.24, 2.45) is 0 Å². The molecule has 0 fully saturated rings. The lowest BCUT2D eigenvalue weighted by atomic mass is 10.1. The van der Waals surface area contributed by atoms with Gasteiger partial charge in [-0.3, -0.25) is 0 Å². The first-order valence-electron chi connectivity index (χ1n) is 7.13. The minimum atomic E-state index is -1.02. The lowest BCUT2D eigenvalue weighted by Crippen LogP contribution is -2.07. The van der Waals surface area contributed by atoms with Crippen molar-refractivity contribution in [2.45, 2.75) is 6.92 Å². The molecule has 5 heteroatoms. The van der Waals surface area contributed by atoms with Crippen LogP contribution >= 0.6 is 0 Å². The Kier molecular flexibility index (Phi) is 3.85. The highest BCUT2D eigenvalue weighted by Crippen LogP contribution is 2.23. The lowest BCUT2D eigenvalue weighted by molar-refractivity contribution is 0.0687. The topological polar surface area (TPSA) is 64.4 Å². The van der Waals surface area contributed by atoms with E-state index in [4.69, 9.17) is 4.74 Å². The monoisotopic (exact) mass is 308 g/mol. The van der Waals surface area contributed by atoms with E-state index < -0.39 is 5.97 Å². The van der Waals surface area contributed by atoms with Crippen molar-refractivity contribution >= 4 is 5.97 Å². The number of carbonyl (C=O) groups is 1. The van der Waals surface area contributed by atoms with Gasteiger partial charge in [0.25, 0.3) is 0 Å². The second kappa shape index (κ2) is 5.96. The summed E-state index contributed by atoms with van der Waals surface area (Å²) in [6.45, 7) is 2.00. The van der Waals surface area contributed by atoms with E-state index in [1.807, 2.05) is 31.2 Å². The number of ether oxygens (including phenoxy) is 1. The van der Waals surface area contributed by atoms with Crippen molar-refractivity contribution in [3.8, 4) is 22.7 Å². The zero-order valence-corrected chi connectivity index (χ0v) is 12.9. The number of carboxylic acid groups (broad SMARTS) is 1. The van der Waals surface area contributed by atoms with Crippen molar-refractivity contribution in [1.29, 1.82) is 0 Å². The van der Waals surface area contributed by atoms with Crippen molar-refractivity contribution in [3.63, 3.8) is 0 Å². The minimum absolute atomic E-state index is 0.116. The van der Waals surface area contributed by atoms with Crippen LogP contribution in [0.15, 0.2) is 54.6 Å². The molecule has 0 radical (unpaired) electrons. The van der Waals surface area contributed by atoms with Crippen LogP contribution in [0, 0.1) is 6.92 Å². The van der Waals surface area contributed by atoms with Gasteiger partial charge in [-0.25, -0.2) is 9.48 Å². The maximum Gasteiger partial charge on any atom is 0.354 e. The van der Waals surface area contributed by atoms with Crippen LogP contribution in [-0.2, 0) is 0 Å². The maximum atomic E-state index is 11.5. The summed E-state index contributed by atoms with van der Waals surface area (Å²) in [4.78, 5) is 11.5. The molecule has 0 unspecified atom stereocenters. The molecule has 2 aromatic carbocycles. The van der Waals surface area contributed by atoms with E-state index in [1.165, 1.54) is 4.68 Å². The predicted molar refractivity (Wildman–Crippen MR) is 87.2 cm³/mol. The molecule has 1 heterocycles. The van der Waals surface area contributed by atoms with Crippen LogP contribution < -0.4 is 4.74 Å². The maximum absolute atomic E-state index is 11.5. The zero-order valence-electron chi connectivity index (χ0n) is 12.9. The summed E-state index contributed by atoms with van der Waals surface area (Å²) in [6, 6.07) is 16.5. The van der Waals surface area contributed by atoms with Gasteiger partial charge in [0.2, 0.25) is 0 Å². The number of benzene rings is 2. The van der Waals surface area contributed by atoms with Gasteiger partial charge >= 0.3 is 5.97 Å². The van der Waals surface area contributed by atoms with Crippen LogP contribution in [-0.4, -0.2) is 28.0 Å². The Morgan fingerprint density at radius 3 is 2.30 bits per heavy atom. The first-order chi connectivity index (χ1) is 11.1. The van der Waals surface area contributed by atoms with Crippen molar-refractivity contribution in [3.05, 3.63) is 65.9 Å². The molecule has 3 rings (SSSR count). The molecule has 0 saturated carbocycles. The quantitative estimate of drug-likeness (QED) is 0.800. The fourth-order valence-electron chi connectivity index (χ4n) is 2.32. The normalized spacial score (nSPS) is 10.5. The summed E-state index contributed by atoms with van der Waals surface area (Å²) >= 11 is 0. The third kappa shape index (κ3) is 2.94. The Labute approximate surface area is 133 Å². The largest absolute Gasteiger partial charge is 0.497 e. The van der Waals surface area contributed by atoms with Crippen molar-refractivity contribution in [1.82, 2.24) is 9.78 Å². The van der Waals surface area contributed by atoms with Gasteiger partial charge in [-0.1, -0.05) is 29.8 Å². The SMILES string of the molecule is COc1ccc(-n2nc(-c3ccc(C)cc3)cc2C(=O)O)cc1. The number of rotatable bonds is 4. The molecule has 0 bridgehead atoms. The van der Waals surface area contributed by atoms with Crippen LogP contribution in [0.2, 0.25) is 0 Å². The van der Waals surface area contributed by atoms with Crippen LogP contribution in [0.5, 0.6) is 5.75 Å². The Bertz CT molecular complexity index is 834. The average molecular weight is 308 g/mol. The molecule has 0 aliphatic heterocycles. The lowest BCUT2D eigenvalue weighted by Gasteiger charge is -2.05. The van der Waals surface area contributed by atoms with Gasteiger partial charge in [-0.2, -0.15) is 5.10 Å². The number of hydrogen-bond donors (Lipinski definition) is 1. The number of aromatic carboxylic acids is 1. The molecule has 1 aromatic heterocycles. The zero-order chi connectivity index (χ0) is 16.4. The van der Waals surface area contributed by atoms with Gasteiger partial charge in [-0.05, 0) is 37.3 Å². The van der Waals surface area contributed by atoms with Gasteiger partial charge in [0.05, 0.1) is 18.5 Å². The number of nitrogens with zero attached hydrogens (tertiary/aromatic N) is 2. The van der Waals surface area contributed by atoms with Crippen molar-refractivity contribution in [2.75, 3.05) is 7.11 Å². The number of methoxy groups -OCH3 is 1. The third-order valence-electron chi connectivity index (χ3n) is 3.59. The van der Waals surface area contributed by atoms with Gasteiger partial charge < -0.3 is 9.84 Å². The van der Waals surface area contributed by atoms with Crippen LogP contribution in [0.1, 0.15) is 16.1 Å². The molecule has 5 nitrogen and oxygen atoms in total. The molecule has 0 aliphatic rings. The molecule has 0 amide bonds. The van der Waals surface area contributed by atoms with Crippen LogP contribution in [0.3, 0.4) is 0 Å². The fourth-order valence-corrected chi connectivity index (χ4v) is 2.32. The summed E-state index contributed by atoms with van der Waals surface area (Å²) in [6.07, 6.45) is 0. The molecule has 3 aromatic rings. The van der Waals surface area contributed by atoms with Gasteiger partial charge in [0.15, 0.2) is 5.69 Å². The Hall–Kier alpha value is -3.08. The average Bonchev–Trinajstić information content (AvgIpc) is 3.01. The molecule has 116 valence electrons. The molecule has 1 N–H and O–H groups in total. The summed E-state index contributed by atoms with van der Waals surface area (Å²) in [7, 11) is 1.58. The number of carboxylic acids is 1. The summed E-state index contributed by atoms with van der Waals surface area (Å²) < 4.78 is 6.55. The summed E-state index contributed by atoms with van der Waals surface area (Å²) in [5.74, 6) is -0.316. The first kappa shape index (κ1) is 14.8. The second-order valence-corrected chi connectivity index (χ2v) is 5.20. The van der Waals surface area contributed by atoms with E-state index in [0.717, 1.165) is 11.1 Å². The molecule has 0 atom stereocenters. The molecule has 0 spiro atoms. The van der Waals surface area contributed by atoms with E-state index in [-0.39, 0.29) is 5.69 Å². The fraction of sp³-hybridized carbons (Fsp3) is 0.111. The van der Waals surface area contributed by atoms with E-state index >= 15 is 0 Å². The smallest absolute Gasteiger partial charge is 0.354 e. The van der Waals surface area contributed by atoms with E-state index in [2.05, 4.69) is 5.10 Å². The Morgan fingerprint density at radius 1 is 1.09 bits per heavy atom. The highest BCUT2D eigenvalue weighted by Gasteiger charge is 2.16. The first-order valence-corrected chi connectivity index (χ1v) is 7.13. The molecular formula is C18H16N2O3. The van der Waals surface area contributed by atoms with Gasteiger partial charge in [-0.15, -0.1) is 0 Å². The van der Waals surface area contributed by atoms with Gasteiger partial charge in [0, 0.05) is 5.56 Å². The van der Waals surface area contributed by atoms with Crippen LogP contribution in [0.4, 0.5) is 0 Å².